The topological polar surface area (TPSA) is 134 Å². The smallest absolute Gasteiger partial charge is 0.254 e. The van der Waals surface area contributed by atoms with Gasteiger partial charge in [-0.05, 0) is 134 Å². The van der Waals surface area contributed by atoms with E-state index in [1.165, 1.54) is 19.2 Å². The molecule has 4 aromatic carbocycles. The normalized spacial score (nSPS) is 22.9. The van der Waals surface area contributed by atoms with Gasteiger partial charge in [-0.1, -0.05) is 42.3 Å². The number of oxime groups is 1. The third kappa shape index (κ3) is 9.47. The molecule has 12 heteroatoms. The van der Waals surface area contributed by atoms with Gasteiger partial charge in [-0.3, -0.25) is 4.79 Å². The van der Waals surface area contributed by atoms with Crippen molar-refractivity contribution in [1.29, 1.82) is 5.26 Å². The number of allylic oxidation sites excluding steroid dienone is 1. The Morgan fingerprint density at radius 2 is 1.71 bits per heavy atom. The molecule has 4 aromatic rings. The predicted octanol–water partition coefficient (Wildman–Crippen LogP) is 9.82. The van der Waals surface area contributed by atoms with Gasteiger partial charge in [-0.25, -0.2) is 4.39 Å². The second-order valence-corrected chi connectivity index (χ2v) is 16.9. The first-order valence-corrected chi connectivity index (χ1v) is 22.5. The van der Waals surface area contributed by atoms with Gasteiger partial charge < -0.3 is 34.2 Å². The van der Waals surface area contributed by atoms with E-state index in [1.54, 1.807) is 59.1 Å². The molecule has 324 valence electrons. The van der Waals surface area contributed by atoms with Gasteiger partial charge in [0.2, 0.25) is 5.79 Å². The van der Waals surface area contributed by atoms with E-state index in [-0.39, 0.29) is 56.4 Å². The molecule has 1 heterocycles. The van der Waals surface area contributed by atoms with Crippen molar-refractivity contribution < 1.29 is 38.4 Å². The molecule has 1 amide bonds. The number of benzene rings is 4. The van der Waals surface area contributed by atoms with Gasteiger partial charge in [0.25, 0.3) is 5.91 Å². The largest absolute Gasteiger partial charge is 0.459 e. The van der Waals surface area contributed by atoms with Crippen LogP contribution >= 0.6 is 11.8 Å². The zero-order valence-electron chi connectivity index (χ0n) is 35.3. The lowest BCUT2D eigenvalue weighted by atomic mass is 9.55. The molecule has 2 N–H and O–H groups in total. The molecule has 3 aliphatic rings. The van der Waals surface area contributed by atoms with Crippen molar-refractivity contribution in [3.63, 3.8) is 0 Å². The second kappa shape index (κ2) is 20.6. The fourth-order valence-electron chi connectivity index (χ4n) is 9.57. The van der Waals surface area contributed by atoms with Gasteiger partial charge in [-0.15, -0.1) is 18.3 Å². The van der Waals surface area contributed by atoms with E-state index in [1.807, 2.05) is 42.7 Å². The Balaban J connectivity index is 1.46. The summed E-state index contributed by atoms with van der Waals surface area (Å²) >= 11 is 1.66. The highest BCUT2D eigenvalue weighted by atomic mass is 32.2. The Hall–Kier alpha value is -5.45. The number of aliphatic hydroxyl groups excluding tert-OH is 2. The van der Waals surface area contributed by atoms with Crippen molar-refractivity contribution >= 4 is 23.4 Å². The Morgan fingerprint density at radius 3 is 2.37 bits per heavy atom. The molecule has 0 spiro atoms. The number of halogens is 1. The minimum absolute atomic E-state index is 0.0155. The van der Waals surface area contributed by atoms with Crippen LogP contribution in [0, 0.1) is 34.9 Å². The summed E-state index contributed by atoms with van der Waals surface area (Å²) in [7, 11) is 1.51. The van der Waals surface area contributed by atoms with E-state index in [0.717, 1.165) is 41.7 Å². The van der Waals surface area contributed by atoms with E-state index in [9.17, 15) is 19.9 Å². The maximum absolute atomic E-state index is 15.1. The van der Waals surface area contributed by atoms with Crippen LogP contribution in [-0.4, -0.2) is 71.7 Å². The van der Waals surface area contributed by atoms with Gasteiger partial charge in [0, 0.05) is 48.1 Å². The molecule has 1 aliphatic heterocycles. The van der Waals surface area contributed by atoms with Gasteiger partial charge in [0.05, 0.1) is 29.9 Å². The second-order valence-electron chi connectivity index (χ2n) is 16.0. The number of thioether (sulfide) groups is 1. The van der Waals surface area contributed by atoms with Gasteiger partial charge in [0.1, 0.15) is 36.2 Å². The number of nitriles is 1. The maximum atomic E-state index is 15.1. The summed E-state index contributed by atoms with van der Waals surface area (Å²) in [6, 6.07) is 27.7. The highest BCUT2D eigenvalue weighted by Gasteiger charge is 2.65. The first-order valence-electron chi connectivity index (χ1n) is 21.3. The van der Waals surface area contributed by atoms with Crippen molar-refractivity contribution in [2.75, 3.05) is 33.2 Å². The molecule has 6 atom stereocenters. The molecule has 0 unspecified atom stereocenters. The van der Waals surface area contributed by atoms with Crippen LogP contribution in [0.25, 0.3) is 0 Å². The lowest BCUT2D eigenvalue weighted by molar-refractivity contribution is -0.255. The van der Waals surface area contributed by atoms with E-state index in [4.69, 9.17) is 19.0 Å². The number of rotatable bonds is 19. The standard InChI is InChI=1S/C50H54FN3O7S/c1-4-27-59-50-46(54(32-34-13-17-37(51)18-14-34)49(57)35-15-11-33(31-52)12-16-35)30-44(53-58-2)42-28-36(9-5-7-25-55)41(10-6-8-26-56)47(48(42)50)43-29-39(21-24-45(43)61-50)60-38-19-22-40(62-3)23-20-38/h4,11-24,28-29,36,41,46-48,55-56H,1,5-10,25-27,30,32H2,2-3H3/t36-,41+,46-,47+,48+,50+/m0/s1. The average molecular weight is 860 g/mol. The van der Waals surface area contributed by atoms with Crippen LogP contribution < -0.4 is 9.47 Å². The lowest BCUT2D eigenvalue weighted by Gasteiger charge is -2.60. The van der Waals surface area contributed by atoms with E-state index in [2.05, 4.69) is 29.9 Å². The molecule has 0 aromatic heterocycles. The number of aliphatic hydroxyl groups is 2. The van der Waals surface area contributed by atoms with Crippen LogP contribution in [0.15, 0.2) is 125 Å². The highest BCUT2D eigenvalue weighted by Crippen LogP contribution is 2.62. The third-order valence-electron chi connectivity index (χ3n) is 12.3. The van der Waals surface area contributed by atoms with Crippen molar-refractivity contribution in [2.24, 2.45) is 22.9 Å². The van der Waals surface area contributed by atoms with E-state index < -0.39 is 23.6 Å². The molecule has 1 fully saturated rings. The Kier molecular flexibility index (Phi) is 14.8. The Morgan fingerprint density at radius 1 is 1.00 bits per heavy atom. The molecule has 0 radical (unpaired) electrons. The molecule has 7 rings (SSSR count). The fraction of sp³-hybridized carbons (Fsp3) is 0.380. The van der Waals surface area contributed by atoms with Crippen molar-refractivity contribution in [3.05, 3.63) is 143 Å². The number of nitrogens with zero attached hydrogens (tertiary/aromatic N) is 3. The van der Waals surface area contributed by atoms with E-state index in [0.29, 0.717) is 52.5 Å². The molecule has 2 aliphatic carbocycles. The quantitative estimate of drug-likeness (QED) is 0.0409. The van der Waals surface area contributed by atoms with E-state index >= 15 is 4.79 Å². The van der Waals surface area contributed by atoms with Gasteiger partial charge in [0.15, 0.2) is 0 Å². The summed E-state index contributed by atoms with van der Waals surface area (Å²) < 4.78 is 35.3. The minimum Gasteiger partial charge on any atom is -0.459 e. The number of carbonyl (C=O) groups is 1. The molecule has 0 saturated heterocycles. The van der Waals surface area contributed by atoms with Crippen molar-refractivity contribution in [3.8, 4) is 23.3 Å². The zero-order valence-corrected chi connectivity index (χ0v) is 36.1. The highest BCUT2D eigenvalue weighted by molar-refractivity contribution is 7.98. The predicted molar refractivity (Wildman–Crippen MR) is 238 cm³/mol. The van der Waals surface area contributed by atoms with Gasteiger partial charge in [-0.2, -0.15) is 5.26 Å². The first-order chi connectivity index (χ1) is 30.3. The summed E-state index contributed by atoms with van der Waals surface area (Å²) in [6.07, 6.45) is 10.6. The van der Waals surface area contributed by atoms with Crippen LogP contribution in [0.2, 0.25) is 0 Å². The molecule has 10 nitrogen and oxygen atoms in total. The minimum atomic E-state index is -1.51. The number of hydrogen-bond acceptors (Lipinski definition) is 10. The monoisotopic (exact) mass is 859 g/mol. The van der Waals surface area contributed by atoms with Crippen LogP contribution in [0.3, 0.4) is 0 Å². The Bertz CT molecular complexity index is 2280. The van der Waals surface area contributed by atoms with Gasteiger partial charge >= 0.3 is 0 Å². The van der Waals surface area contributed by atoms with Crippen LogP contribution in [-0.2, 0) is 16.1 Å². The number of hydrogen-bond donors (Lipinski definition) is 2. The summed E-state index contributed by atoms with van der Waals surface area (Å²) in [4.78, 5) is 23.6. The van der Waals surface area contributed by atoms with Crippen LogP contribution in [0.4, 0.5) is 4.39 Å². The molecular formula is C50H54FN3O7S. The summed E-state index contributed by atoms with van der Waals surface area (Å²) in [5.41, 5.74) is 3.94. The lowest BCUT2D eigenvalue weighted by Crippen LogP contribution is -2.70. The summed E-state index contributed by atoms with van der Waals surface area (Å²) in [5.74, 6) is -1.04. The molecule has 1 saturated carbocycles. The maximum Gasteiger partial charge on any atom is 0.254 e. The zero-order chi connectivity index (χ0) is 43.6. The SMILES string of the molecule is C=CCO[C@@]12Oc3ccc(Oc4ccc(SC)cc4)cc3[C@H]3[C@H](CCCCO)[C@@H](CCCCO)C=C(C(=NOC)C[C@@H]1N(Cc1ccc(F)cc1)C(=O)c1ccc(C#N)cc1)[C@H]32. The number of amides is 1. The van der Waals surface area contributed by atoms with Crippen LogP contribution in [0.5, 0.6) is 17.2 Å². The molecule has 62 heavy (non-hydrogen) atoms. The summed E-state index contributed by atoms with van der Waals surface area (Å²) in [5, 5.41) is 34.1. The van der Waals surface area contributed by atoms with Crippen molar-refractivity contribution in [1.82, 2.24) is 4.90 Å². The van der Waals surface area contributed by atoms with Crippen LogP contribution in [0.1, 0.15) is 77.9 Å². The Labute approximate surface area is 367 Å². The number of carbonyl (C=O) groups excluding carboxylic acids is 1. The number of unbranched alkanes of at least 4 members (excludes halogenated alkanes) is 2. The molecule has 0 bridgehead atoms. The number of ether oxygens (including phenoxy) is 3. The molecular weight excluding hydrogens is 806 g/mol. The average Bonchev–Trinajstić information content (AvgIpc) is 3.30. The van der Waals surface area contributed by atoms with Crippen molar-refractivity contribution in [2.45, 2.75) is 74.1 Å². The summed E-state index contributed by atoms with van der Waals surface area (Å²) in [6.45, 7) is 4.35. The fourth-order valence-corrected chi connectivity index (χ4v) is 9.97. The number of fused-ring (bicyclic) bond motifs is 2. The third-order valence-corrected chi connectivity index (χ3v) is 13.0. The first kappa shape index (κ1) is 44.6.